The molecule has 0 aliphatic carbocycles. The minimum Gasteiger partial charge on any atom is -0.481 e. The van der Waals surface area contributed by atoms with E-state index >= 15 is 0 Å². The van der Waals surface area contributed by atoms with Crippen LogP contribution in [0.15, 0.2) is 0 Å². The maximum Gasteiger partial charge on any atom is 0.307 e. The zero-order valence-corrected chi connectivity index (χ0v) is 12.1. The van der Waals surface area contributed by atoms with Gasteiger partial charge in [0, 0.05) is 19.0 Å². The van der Waals surface area contributed by atoms with E-state index in [1.165, 1.54) is 6.42 Å². The van der Waals surface area contributed by atoms with Gasteiger partial charge < -0.3 is 5.11 Å². The first-order valence-corrected chi connectivity index (χ1v) is 7.48. The zero-order valence-electron chi connectivity index (χ0n) is 12.1. The summed E-state index contributed by atoms with van der Waals surface area (Å²) in [6.07, 6.45) is 3.45. The Bertz CT molecular complexity index is 511. The van der Waals surface area contributed by atoms with E-state index in [1.807, 2.05) is 4.68 Å². The van der Waals surface area contributed by atoms with Gasteiger partial charge in [-0.25, -0.2) is 9.67 Å². The van der Waals surface area contributed by atoms with Crippen LogP contribution in [-0.2, 0) is 17.8 Å². The van der Waals surface area contributed by atoms with Crippen LogP contribution in [0.25, 0.3) is 0 Å². The molecule has 110 valence electrons. The van der Waals surface area contributed by atoms with Crippen molar-refractivity contribution in [2.75, 3.05) is 6.54 Å². The van der Waals surface area contributed by atoms with Crippen molar-refractivity contribution in [1.29, 1.82) is 0 Å². The van der Waals surface area contributed by atoms with Crippen molar-refractivity contribution in [3.63, 3.8) is 0 Å². The second-order valence-corrected chi connectivity index (χ2v) is 6.13. The molecule has 2 atom stereocenters. The van der Waals surface area contributed by atoms with Gasteiger partial charge in [0.15, 0.2) is 5.82 Å². The SMILES string of the molecule is CC(C)N1CCCC1c1nc2n(n1)CCC(C(=O)O)C2. The Morgan fingerprint density at radius 1 is 1.35 bits per heavy atom. The van der Waals surface area contributed by atoms with Gasteiger partial charge in [-0.3, -0.25) is 9.69 Å². The minimum absolute atomic E-state index is 0.302. The van der Waals surface area contributed by atoms with Crippen molar-refractivity contribution >= 4 is 5.97 Å². The third-order valence-electron chi connectivity index (χ3n) is 4.49. The molecule has 3 rings (SSSR count). The number of nitrogens with zero attached hydrogens (tertiary/aromatic N) is 4. The summed E-state index contributed by atoms with van der Waals surface area (Å²) in [4.78, 5) is 18.2. The number of rotatable bonds is 3. The topological polar surface area (TPSA) is 71.2 Å². The normalized spacial score (nSPS) is 26.9. The van der Waals surface area contributed by atoms with E-state index in [-0.39, 0.29) is 5.92 Å². The largest absolute Gasteiger partial charge is 0.481 e. The molecular formula is C14H22N4O2. The van der Waals surface area contributed by atoms with Crippen LogP contribution in [0, 0.1) is 5.92 Å². The lowest BCUT2D eigenvalue weighted by Crippen LogP contribution is -2.30. The van der Waals surface area contributed by atoms with Gasteiger partial charge in [-0.2, -0.15) is 5.10 Å². The highest BCUT2D eigenvalue weighted by atomic mass is 16.4. The lowest BCUT2D eigenvalue weighted by molar-refractivity contribution is -0.142. The maximum atomic E-state index is 11.1. The number of carboxylic acids is 1. The average molecular weight is 278 g/mol. The molecule has 6 heteroatoms. The number of fused-ring (bicyclic) bond motifs is 1. The molecule has 0 bridgehead atoms. The van der Waals surface area contributed by atoms with Gasteiger partial charge in [0.2, 0.25) is 0 Å². The van der Waals surface area contributed by atoms with Gasteiger partial charge in [-0.1, -0.05) is 0 Å². The Labute approximate surface area is 118 Å². The molecule has 1 N–H and O–H groups in total. The summed E-state index contributed by atoms with van der Waals surface area (Å²) in [7, 11) is 0. The fourth-order valence-electron chi connectivity index (χ4n) is 3.36. The molecule has 2 aliphatic rings. The Hall–Kier alpha value is -1.43. The maximum absolute atomic E-state index is 11.1. The summed E-state index contributed by atoms with van der Waals surface area (Å²) in [5.74, 6) is 0.710. The molecule has 0 saturated carbocycles. The molecule has 1 aromatic heterocycles. The molecule has 0 spiro atoms. The van der Waals surface area contributed by atoms with Crippen LogP contribution in [-0.4, -0.2) is 43.3 Å². The number of aromatic nitrogens is 3. The second-order valence-electron chi connectivity index (χ2n) is 6.13. The summed E-state index contributed by atoms with van der Waals surface area (Å²) < 4.78 is 1.91. The third kappa shape index (κ3) is 2.32. The van der Waals surface area contributed by atoms with Gasteiger partial charge in [-0.05, 0) is 39.7 Å². The minimum atomic E-state index is -0.717. The highest BCUT2D eigenvalue weighted by Crippen LogP contribution is 2.32. The van der Waals surface area contributed by atoms with Crippen molar-refractivity contribution in [3.8, 4) is 0 Å². The van der Waals surface area contributed by atoms with Crippen LogP contribution in [0.3, 0.4) is 0 Å². The van der Waals surface area contributed by atoms with Crippen LogP contribution in [0.5, 0.6) is 0 Å². The fourth-order valence-corrected chi connectivity index (χ4v) is 3.36. The van der Waals surface area contributed by atoms with Gasteiger partial charge in [0.1, 0.15) is 5.82 Å². The molecule has 0 aromatic carbocycles. The van der Waals surface area contributed by atoms with Crippen LogP contribution < -0.4 is 0 Å². The number of likely N-dealkylation sites (tertiary alicyclic amines) is 1. The molecule has 0 radical (unpaired) electrons. The quantitative estimate of drug-likeness (QED) is 0.906. The number of hydrogen-bond acceptors (Lipinski definition) is 4. The summed E-state index contributed by atoms with van der Waals surface area (Å²) in [6, 6.07) is 0.797. The smallest absolute Gasteiger partial charge is 0.307 e. The Balaban J connectivity index is 1.82. The first-order chi connectivity index (χ1) is 9.56. The second kappa shape index (κ2) is 5.16. The Morgan fingerprint density at radius 3 is 2.85 bits per heavy atom. The van der Waals surface area contributed by atoms with Gasteiger partial charge in [0.25, 0.3) is 0 Å². The van der Waals surface area contributed by atoms with Crippen molar-refractivity contribution in [1.82, 2.24) is 19.7 Å². The van der Waals surface area contributed by atoms with Crippen molar-refractivity contribution in [2.24, 2.45) is 5.92 Å². The number of aliphatic carboxylic acids is 1. The molecule has 6 nitrogen and oxygen atoms in total. The van der Waals surface area contributed by atoms with Gasteiger partial charge in [-0.15, -0.1) is 0 Å². The summed E-state index contributed by atoms with van der Waals surface area (Å²) in [5, 5.41) is 13.8. The summed E-state index contributed by atoms with van der Waals surface area (Å²) >= 11 is 0. The molecule has 2 aliphatic heterocycles. The lowest BCUT2D eigenvalue weighted by atomic mass is 9.98. The highest BCUT2D eigenvalue weighted by molar-refractivity contribution is 5.70. The molecule has 1 fully saturated rings. The summed E-state index contributed by atoms with van der Waals surface area (Å²) in [6.45, 7) is 6.18. The number of aryl methyl sites for hydroxylation is 1. The summed E-state index contributed by atoms with van der Waals surface area (Å²) in [5.41, 5.74) is 0. The Kier molecular flexibility index (Phi) is 3.50. The standard InChI is InChI=1S/C14H22N4O2/c1-9(2)17-6-3-4-11(17)13-15-12-8-10(14(19)20)5-7-18(12)16-13/h9-11H,3-8H2,1-2H3,(H,19,20). The van der Waals surface area contributed by atoms with E-state index in [9.17, 15) is 4.79 Å². The molecule has 1 aromatic rings. The Morgan fingerprint density at radius 2 is 2.15 bits per heavy atom. The molecule has 1 saturated heterocycles. The van der Waals surface area contributed by atoms with E-state index in [0.29, 0.717) is 31.5 Å². The lowest BCUT2D eigenvalue weighted by Gasteiger charge is -2.26. The van der Waals surface area contributed by atoms with Crippen LogP contribution in [0.2, 0.25) is 0 Å². The van der Waals surface area contributed by atoms with Crippen molar-refractivity contribution < 1.29 is 9.90 Å². The predicted molar refractivity (Wildman–Crippen MR) is 73.3 cm³/mol. The fraction of sp³-hybridized carbons (Fsp3) is 0.786. The molecular weight excluding hydrogens is 256 g/mol. The van der Waals surface area contributed by atoms with E-state index < -0.39 is 5.97 Å². The van der Waals surface area contributed by atoms with Crippen LogP contribution >= 0.6 is 0 Å². The van der Waals surface area contributed by atoms with Gasteiger partial charge in [0.05, 0.1) is 12.0 Å². The molecule has 2 unspecified atom stereocenters. The highest BCUT2D eigenvalue weighted by Gasteiger charge is 2.33. The van der Waals surface area contributed by atoms with Crippen LogP contribution in [0.4, 0.5) is 0 Å². The van der Waals surface area contributed by atoms with Crippen molar-refractivity contribution in [2.45, 2.75) is 58.2 Å². The average Bonchev–Trinajstić information content (AvgIpc) is 3.03. The van der Waals surface area contributed by atoms with E-state index in [0.717, 1.165) is 24.6 Å². The van der Waals surface area contributed by atoms with E-state index in [4.69, 9.17) is 5.11 Å². The number of carboxylic acid groups (broad SMARTS) is 1. The third-order valence-corrected chi connectivity index (χ3v) is 4.49. The van der Waals surface area contributed by atoms with E-state index in [2.05, 4.69) is 28.8 Å². The van der Waals surface area contributed by atoms with Crippen LogP contribution in [0.1, 0.15) is 50.8 Å². The van der Waals surface area contributed by atoms with Crippen molar-refractivity contribution in [3.05, 3.63) is 11.6 Å². The molecule has 20 heavy (non-hydrogen) atoms. The monoisotopic (exact) mass is 278 g/mol. The number of carbonyl (C=O) groups is 1. The number of hydrogen-bond donors (Lipinski definition) is 1. The zero-order chi connectivity index (χ0) is 14.3. The first-order valence-electron chi connectivity index (χ1n) is 7.48. The molecule has 0 amide bonds. The van der Waals surface area contributed by atoms with Gasteiger partial charge >= 0.3 is 5.97 Å². The molecule has 3 heterocycles. The first kappa shape index (κ1) is 13.5. The van der Waals surface area contributed by atoms with E-state index in [1.54, 1.807) is 0 Å². The predicted octanol–water partition coefficient (Wildman–Crippen LogP) is 1.47.